The van der Waals surface area contributed by atoms with Gasteiger partial charge in [-0.05, 0) is 26.0 Å². The minimum absolute atomic E-state index is 0.109. The monoisotopic (exact) mass is 166 g/mol. The number of carbonyl (C=O) groups excluding carboxylic acids is 1. The molecular weight excluding hydrogens is 152 g/mol. The topological polar surface area (TPSA) is 26.3 Å². The first-order chi connectivity index (χ1) is 6.24. The smallest absolute Gasteiger partial charge is 0.338 e. The number of ether oxygens (including phenoxy) is 1. The van der Waals surface area contributed by atoms with Crippen LogP contribution in [0.1, 0.15) is 24.2 Å². The van der Waals surface area contributed by atoms with Crippen LogP contribution in [0.25, 0.3) is 0 Å². The van der Waals surface area contributed by atoms with Gasteiger partial charge in [0, 0.05) is 1.37 Å². The van der Waals surface area contributed by atoms with Crippen molar-refractivity contribution in [3.63, 3.8) is 0 Å². The summed E-state index contributed by atoms with van der Waals surface area (Å²) in [4.78, 5) is 11.2. The number of hydrogen-bond acceptors (Lipinski definition) is 2. The zero-order chi connectivity index (χ0) is 9.68. The molecule has 0 saturated carbocycles. The van der Waals surface area contributed by atoms with Crippen LogP contribution in [0.3, 0.4) is 0 Å². The summed E-state index contributed by atoms with van der Waals surface area (Å²) < 4.78 is 11.6. The van der Waals surface area contributed by atoms with Crippen molar-refractivity contribution in [2.24, 2.45) is 0 Å². The Hall–Kier alpha value is -1.31. The van der Waals surface area contributed by atoms with E-state index in [-0.39, 0.29) is 19.5 Å². The summed E-state index contributed by atoms with van der Waals surface area (Å²) in [5.74, 6) is -0.354. The van der Waals surface area contributed by atoms with Gasteiger partial charge in [-0.3, -0.25) is 0 Å². The van der Waals surface area contributed by atoms with Crippen molar-refractivity contribution in [2.45, 2.75) is 13.8 Å². The van der Waals surface area contributed by atoms with Crippen LogP contribution in [0, 0.1) is 6.92 Å². The largest absolute Gasteiger partial charge is 0.462 e. The fourth-order valence-corrected chi connectivity index (χ4v) is 0.866. The van der Waals surface area contributed by atoms with Crippen molar-refractivity contribution in [2.75, 3.05) is 6.61 Å². The van der Waals surface area contributed by atoms with Gasteiger partial charge in [-0.15, -0.1) is 0 Å². The summed E-state index contributed by atoms with van der Waals surface area (Å²) in [5, 5.41) is 0. The second kappa shape index (κ2) is 3.90. The van der Waals surface area contributed by atoms with E-state index in [9.17, 15) is 4.79 Å². The maximum absolute atomic E-state index is 11.2. The molecule has 0 bridgehead atoms. The molecule has 0 radical (unpaired) electrons. The SMILES string of the molecule is [3H]CCOC(=O)c1ccc(C)cc1. The zero-order valence-corrected chi connectivity index (χ0v) is 7.04. The number of esters is 1. The molecule has 0 aliphatic heterocycles. The third kappa shape index (κ3) is 2.09. The van der Waals surface area contributed by atoms with E-state index in [0.717, 1.165) is 5.56 Å². The lowest BCUT2D eigenvalue weighted by atomic mass is 10.1. The van der Waals surface area contributed by atoms with Crippen LogP contribution in [0.5, 0.6) is 0 Å². The Morgan fingerprint density at radius 1 is 1.50 bits per heavy atom. The maximum atomic E-state index is 11.2. The molecule has 0 atom stereocenters. The van der Waals surface area contributed by atoms with Gasteiger partial charge in [-0.2, -0.15) is 0 Å². The standard InChI is InChI=1S/C10H12O2/c1-3-12-10(11)9-6-4-8(2)5-7-9/h4-7H,3H2,1-2H3/i1T. The Bertz CT molecular complexity index is 279. The normalized spacial score (nSPS) is 10.6. The molecule has 0 aliphatic rings. The van der Waals surface area contributed by atoms with E-state index in [0.29, 0.717) is 5.56 Å². The molecule has 64 valence electrons. The van der Waals surface area contributed by atoms with Gasteiger partial charge in [0.25, 0.3) is 0 Å². The van der Waals surface area contributed by atoms with Crippen molar-refractivity contribution in [1.29, 1.82) is 0 Å². The molecule has 1 aromatic rings. The van der Waals surface area contributed by atoms with Gasteiger partial charge in [0.1, 0.15) is 0 Å². The Labute approximate surface area is 73.6 Å². The molecule has 0 heterocycles. The summed E-state index contributed by atoms with van der Waals surface area (Å²) in [6.07, 6.45) is 0. The van der Waals surface area contributed by atoms with Gasteiger partial charge in [0.15, 0.2) is 0 Å². The minimum Gasteiger partial charge on any atom is -0.462 e. The first-order valence-corrected chi connectivity index (χ1v) is 3.77. The van der Waals surface area contributed by atoms with Gasteiger partial charge in [0.2, 0.25) is 0 Å². The van der Waals surface area contributed by atoms with Crippen molar-refractivity contribution in [3.05, 3.63) is 35.4 Å². The van der Waals surface area contributed by atoms with Crippen molar-refractivity contribution < 1.29 is 10.9 Å². The number of carbonyl (C=O) groups is 1. The highest BCUT2D eigenvalue weighted by Gasteiger charge is 2.03. The molecule has 0 aromatic heterocycles. The number of hydrogen-bond donors (Lipinski definition) is 0. The molecule has 0 spiro atoms. The molecule has 0 unspecified atom stereocenters. The number of rotatable bonds is 2. The van der Waals surface area contributed by atoms with E-state index in [1.165, 1.54) is 0 Å². The third-order valence-electron chi connectivity index (χ3n) is 1.52. The Balaban J connectivity index is 2.61. The lowest BCUT2D eigenvalue weighted by Crippen LogP contribution is -2.03. The minimum atomic E-state index is -0.354. The molecule has 0 N–H and O–H groups in total. The van der Waals surface area contributed by atoms with Crippen LogP contribution >= 0.6 is 0 Å². The second-order valence-electron chi connectivity index (χ2n) is 2.50. The molecule has 0 aliphatic carbocycles. The summed E-state index contributed by atoms with van der Waals surface area (Å²) in [7, 11) is 0. The maximum Gasteiger partial charge on any atom is 0.338 e. The fraction of sp³-hybridized carbons (Fsp3) is 0.300. The van der Waals surface area contributed by atoms with Crippen molar-refractivity contribution in [1.82, 2.24) is 0 Å². The van der Waals surface area contributed by atoms with E-state index < -0.39 is 0 Å². The van der Waals surface area contributed by atoms with Gasteiger partial charge >= 0.3 is 5.97 Å². The van der Waals surface area contributed by atoms with Gasteiger partial charge in [-0.1, -0.05) is 17.7 Å². The molecule has 0 amide bonds. The lowest BCUT2D eigenvalue weighted by molar-refractivity contribution is 0.0526. The Morgan fingerprint density at radius 3 is 2.75 bits per heavy atom. The highest BCUT2D eigenvalue weighted by Crippen LogP contribution is 2.04. The van der Waals surface area contributed by atoms with Crippen LogP contribution < -0.4 is 0 Å². The fourth-order valence-electron chi connectivity index (χ4n) is 0.866. The molecule has 0 fully saturated rings. The molecule has 1 rings (SSSR count). The molecular formula is C10H12O2. The van der Waals surface area contributed by atoms with Gasteiger partial charge in [-0.25, -0.2) is 4.79 Å². The third-order valence-corrected chi connectivity index (χ3v) is 1.52. The van der Waals surface area contributed by atoms with Crippen molar-refractivity contribution >= 4 is 5.97 Å². The van der Waals surface area contributed by atoms with E-state index in [4.69, 9.17) is 6.11 Å². The van der Waals surface area contributed by atoms with Gasteiger partial charge in [0.05, 0.1) is 12.2 Å². The molecule has 12 heavy (non-hydrogen) atoms. The second-order valence-corrected chi connectivity index (χ2v) is 2.50. The first kappa shape index (κ1) is 7.35. The van der Waals surface area contributed by atoms with Crippen LogP contribution in [0.15, 0.2) is 24.3 Å². The van der Waals surface area contributed by atoms with E-state index in [1.54, 1.807) is 12.1 Å². The van der Waals surface area contributed by atoms with Crippen LogP contribution in [-0.2, 0) is 4.74 Å². The molecule has 1 aromatic carbocycles. The molecule has 2 heteroatoms. The highest BCUT2D eigenvalue weighted by atomic mass is 16.5. The summed E-state index contributed by atoms with van der Waals surface area (Å²) in [6.45, 7) is 2.23. The number of aryl methyl sites for hydroxylation is 1. The van der Waals surface area contributed by atoms with E-state index in [2.05, 4.69) is 0 Å². The quantitative estimate of drug-likeness (QED) is 0.629. The Morgan fingerprint density at radius 2 is 2.17 bits per heavy atom. The summed E-state index contributed by atoms with van der Waals surface area (Å²) >= 11 is 0. The zero-order valence-electron chi connectivity index (χ0n) is 8.04. The summed E-state index contributed by atoms with van der Waals surface area (Å²) in [5.41, 5.74) is 1.65. The lowest BCUT2D eigenvalue weighted by Gasteiger charge is -2.00. The highest BCUT2D eigenvalue weighted by molar-refractivity contribution is 5.89. The predicted molar refractivity (Wildman–Crippen MR) is 47.1 cm³/mol. The average molecular weight is 166 g/mol. The van der Waals surface area contributed by atoms with Crippen LogP contribution in [0.4, 0.5) is 0 Å². The van der Waals surface area contributed by atoms with Crippen LogP contribution in [-0.4, -0.2) is 12.6 Å². The molecule has 0 saturated heterocycles. The van der Waals surface area contributed by atoms with E-state index in [1.807, 2.05) is 19.1 Å². The average Bonchev–Trinajstić information content (AvgIpc) is 2.15. The Kier molecular flexibility index (Phi) is 2.39. The van der Waals surface area contributed by atoms with Gasteiger partial charge < -0.3 is 4.74 Å². The predicted octanol–water partition coefficient (Wildman–Crippen LogP) is 2.17. The van der Waals surface area contributed by atoms with Crippen molar-refractivity contribution in [3.8, 4) is 0 Å². The number of benzene rings is 1. The summed E-state index contributed by atoms with van der Waals surface area (Å²) in [6, 6.07) is 7.16. The first-order valence-electron chi connectivity index (χ1n) is 4.48. The van der Waals surface area contributed by atoms with E-state index >= 15 is 0 Å². The molecule has 2 nitrogen and oxygen atoms in total. The van der Waals surface area contributed by atoms with Crippen LogP contribution in [0.2, 0.25) is 0 Å².